The maximum atomic E-state index is 10.2. The Kier molecular flexibility index (Phi) is 4.43. The van der Waals surface area contributed by atoms with Crippen LogP contribution in [-0.4, -0.2) is 26.8 Å². The maximum Gasteiger partial charge on any atom is 0.161 e. The molecule has 0 aliphatic carbocycles. The van der Waals surface area contributed by atoms with Gasteiger partial charge in [-0.3, -0.25) is 0 Å². The molecule has 0 aliphatic heterocycles. The Morgan fingerprint density at radius 2 is 2.22 bits per heavy atom. The summed E-state index contributed by atoms with van der Waals surface area (Å²) in [5, 5.41) is 13.2. The first-order chi connectivity index (χ1) is 11.2. The largest absolute Gasteiger partial charge is 0.504 e. The number of ether oxygens (including phenoxy) is 1. The molecule has 0 aliphatic rings. The van der Waals surface area contributed by atoms with Gasteiger partial charge in [-0.2, -0.15) is 0 Å². The zero-order valence-electron chi connectivity index (χ0n) is 12.8. The van der Waals surface area contributed by atoms with E-state index in [1.807, 2.05) is 22.2 Å². The van der Waals surface area contributed by atoms with Crippen LogP contribution >= 0.6 is 11.3 Å². The predicted molar refractivity (Wildman–Crippen MR) is 91.0 cm³/mol. The molecule has 2 aromatic heterocycles. The van der Waals surface area contributed by atoms with Gasteiger partial charge in [0.25, 0.3) is 0 Å². The Hall–Kier alpha value is -2.60. The number of hydrogen-bond acceptors (Lipinski definition) is 5. The Bertz CT molecular complexity index is 809. The van der Waals surface area contributed by atoms with Gasteiger partial charge in [0, 0.05) is 35.1 Å². The average Bonchev–Trinajstić information content (AvgIpc) is 3.22. The van der Waals surface area contributed by atoms with Crippen molar-refractivity contribution in [3.05, 3.63) is 59.3 Å². The van der Waals surface area contributed by atoms with Crippen LogP contribution in [0.4, 0.5) is 0 Å². The first-order valence-corrected chi connectivity index (χ1v) is 8.01. The lowest BCUT2D eigenvalue weighted by Crippen LogP contribution is -2.01. The number of aromatic hydroxyl groups is 1. The molecular weight excluding hydrogens is 310 g/mol. The summed E-state index contributed by atoms with van der Waals surface area (Å²) >= 11 is 1.61. The zero-order valence-corrected chi connectivity index (χ0v) is 13.6. The Morgan fingerprint density at radius 3 is 2.91 bits per heavy atom. The van der Waals surface area contributed by atoms with Crippen LogP contribution in [0.1, 0.15) is 10.6 Å². The van der Waals surface area contributed by atoms with E-state index >= 15 is 0 Å². The fourth-order valence-corrected chi connectivity index (χ4v) is 3.05. The second-order valence-electron chi connectivity index (χ2n) is 4.98. The number of imidazole rings is 1. The molecule has 0 spiro atoms. The van der Waals surface area contributed by atoms with E-state index in [9.17, 15) is 5.11 Å². The molecule has 3 rings (SSSR count). The van der Waals surface area contributed by atoms with Gasteiger partial charge in [0.1, 0.15) is 10.8 Å². The molecule has 5 nitrogen and oxygen atoms in total. The van der Waals surface area contributed by atoms with Gasteiger partial charge in [-0.1, -0.05) is 6.08 Å². The van der Waals surface area contributed by atoms with E-state index in [2.05, 4.69) is 16.5 Å². The first kappa shape index (κ1) is 15.3. The second kappa shape index (κ2) is 6.66. The van der Waals surface area contributed by atoms with E-state index in [4.69, 9.17) is 4.74 Å². The summed E-state index contributed by atoms with van der Waals surface area (Å²) in [5.41, 5.74) is 1.65. The summed E-state index contributed by atoms with van der Waals surface area (Å²) in [6.07, 6.45) is 7.78. The quantitative estimate of drug-likeness (QED) is 0.704. The number of methoxy groups -OCH3 is 1. The van der Waals surface area contributed by atoms with Crippen LogP contribution < -0.4 is 4.74 Å². The zero-order chi connectivity index (χ0) is 16.2. The van der Waals surface area contributed by atoms with Crippen LogP contribution in [0.15, 0.2) is 48.8 Å². The lowest BCUT2D eigenvalue weighted by atomic mass is 10.1. The Labute approximate surface area is 138 Å². The van der Waals surface area contributed by atoms with Gasteiger partial charge in [-0.25, -0.2) is 9.97 Å². The maximum absolute atomic E-state index is 10.2. The van der Waals surface area contributed by atoms with Crippen molar-refractivity contribution in [2.45, 2.75) is 13.0 Å². The minimum Gasteiger partial charge on any atom is -0.504 e. The molecule has 0 bridgehead atoms. The van der Waals surface area contributed by atoms with Crippen molar-refractivity contribution in [2.75, 3.05) is 7.11 Å². The molecule has 1 N–H and O–H groups in total. The number of hydrogen-bond donors (Lipinski definition) is 1. The minimum absolute atomic E-state index is 0.147. The number of benzene rings is 1. The number of phenols is 1. The molecule has 0 atom stereocenters. The van der Waals surface area contributed by atoms with Crippen LogP contribution in [0.5, 0.6) is 11.5 Å². The molecule has 0 saturated heterocycles. The minimum atomic E-state index is 0.147. The Morgan fingerprint density at radius 1 is 1.35 bits per heavy atom. The fraction of sp³-hybridized carbons (Fsp3) is 0.176. The summed E-state index contributed by atoms with van der Waals surface area (Å²) in [6.45, 7) is 4.39. The number of aromatic nitrogens is 3. The van der Waals surface area contributed by atoms with Gasteiger partial charge in [0.05, 0.1) is 13.7 Å². The van der Waals surface area contributed by atoms with Crippen molar-refractivity contribution in [3.8, 4) is 22.9 Å². The van der Waals surface area contributed by atoms with Crippen LogP contribution in [-0.2, 0) is 13.0 Å². The highest BCUT2D eigenvalue weighted by atomic mass is 32.1. The van der Waals surface area contributed by atoms with Gasteiger partial charge in [0.15, 0.2) is 11.5 Å². The SMILES string of the molecule is C=CCc1cc(-c2nccn2Cc2nccs2)cc(OC)c1O. The number of thiazole rings is 1. The second-order valence-corrected chi connectivity index (χ2v) is 5.96. The molecular formula is C17H17N3O2S. The third kappa shape index (κ3) is 3.12. The van der Waals surface area contributed by atoms with Crippen molar-refractivity contribution in [1.82, 2.24) is 14.5 Å². The molecule has 0 amide bonds. The molecule has 6 heteroatoms. The van der Waals surface area contributed by atoms with Gasteiger partial charge in [0.2, 0.25) is 0 Å². The highest BCUT2D eigenvalue weighted by molar-refractivity contribution is 7.09. The lowest BCUT2D eigenvalue weighted by Gasteiger charge is -2.12. The molecule has 2 heterocycles. The number of allylic oxidation sites excluding steroid dienone is 1. The average molecular weight is 327 g/mol. The van der Waals surface area contributed by atoms with Crippen LogP contribution in [0.2, 0.25) is 0 Å². The molecule has 1 aromatic carbocycles. The standard InChI is InChI=1S/C17H17N3O2S/c1-3-4-12-9-13(10-14(22-2)16(12)21)17-19-5-7-20(17)11-15-18-6-8-23-15/h3,5-10,21H,1,4,11H2,2H3. The van der Waals surface area contributed by atoms with Gasteiger partial charge in [-0.15, -0.1) is 17.9 Å². The third-order valence-electron chi connectivity index (χ3n) is 3.50. The topological polar surface area (TPSA) is 60.2 Å². The number of phenolic OH excluding ortho intramolecular Hbond substituents is 1. The van der Waals surface area contributed by atoms with E-state index in [-0.39, 0.29) is 5.75 Å². The van der Waals surface area contributed by atoms with Crippen molar-refractivity contribution in [2.24, 2.45) is 0 Å². The molecule has 3 aromatic rings. The Balaban J connectivity index is 2.03. The summed E-state index contributed by atoms with van der Waals surface area (Å²) in [7, 11) is 1.54. The van der Waals surface area contributed by atoms with E-state index in [1.165, 1.54) is 0 Å². The molecule has 23 heavy (non-hydrogen) atoms. The molecule has 118 valence electrons. The van der Waals surface area contributed by atoms with E-state index < -0.39 is 0 Å². The van der Waals surface area contributed by atoms with Crippen molar-refractivity contribution in [1.29, 1.82) is 0 Å². The van der Waals surface area contributed by atoms with E-state index in [1.54, 1.807) is 43.0 Å². The smallest absolute Gasteiger partial charge is 0.161 e. The molecule has 0 unspecified atom stereocenters. The number of rotatable bonds is 6. The van der Waals surface area contributed by atoms with E-state index in [0.29, 0.717) is 18.7 Å². The lowest BCUT2D eigenvalue weighted by molar-refractivity contribution is 0.371. The highest BCUT2D eigenvalue weighted by Gasteiger charge is 2.14. The van der Waals surface area contributed by atoms with Gasteiger partial charge >= 0.3 is 0 Å². The van der Waals surface area contributed by atoms with Crippen LogP contribution in [0.25, 0.3) is 11.4 Å². The van der Waals surface area contributed by atoms with Crippen molar-refractivity contribution in [3.63, 3.8) is 0 Å². The highest BCUT2D eigenvalue weighted by Crippen LogP contribution is 2.35. The molecule has 0 saturated carbocycles. The first-order valence-electron chi connectivity index (χ1n) is 7.13. The molecule has 0 fully saturated rings. The molecule has 0 radical (unpaired) electrons. The van der Waals surface area contributed by atoms with Crippen LogP contribution in [0, 0.1) is 0 Å². The monoisotopic (exact) mass is 327 g/mol. The third-order valence-corrected chi connectivity index (χ3v) is 4.27. The summed E-state index contributed by atoms with van der Waals surface area (Å²) < 4.78 is 7.31. The van der Waals surface area contributed by atoms with Crippen molar-refractivity contribution >= 4 is 11.3 Å². The van der Waals surface area contributed by atoms with Crippen LogP contribution in [0.3, 0.4) is 0 Å². The van der Waals surface area contributed by atoms with Gasteiger partial charge in [-0.05, 0) is 18.6 Å². The summed E-state index contributed by atoms with van der Waals surface area (Å²) in [4.78, 5) is 8.76. The summed E-state index contributed by atoms with van der Waals surface area (Å²) in [6, 6.07) is 3.71. The predicted octanol–water partition coefficient (Wildman–Crippen LogP) is 3.50. The normalized spacial score (nSPS) is 10.7. The summed E-state index contributed by atoms with van der Waals surface area (Å²) in [5.74, 6) is 1.39. The fourth-order valence-electron chi connectivity index (χ4n) is 2.44. The van der Waals surface area contributed by atoms with E-state index in [0.717, 1.165) is 22.0 Å². The van der Waals surface area contributed by atoms with Crippen molar-refractivity contribution < 1.29 is 9.84 Å². The van der Waals surface area contributed by atoms with Gasteiger partial charge < -0.3 is 14.4 Å². The number of nitrogens with zero attached hydrogens (tertiary/aromatic N) is 3.